The summed E-state index contributed by atoms with van der Waals surface area (Å²) in [6.45, 7) is 1.87. The molecule has 21 heavy (non-hydrogen) atoms. The van der Waals surface area contributed by atoms with Crippen LogP contribution in [-0.2, 0) is 4.79 Å². The minimum Gasteiger partial charge on any atom is -0.462 e. The Morgan fingerprint density at radius 3 is 2.90 bits per heavy atom. The molecule has 0 saturated carbocycles. The number of hydrogen-bond donors (Lipinski definition) is 0. The van der Waals surface area contributed by atoms with Crippen LogP contribution < -0.4 is 0 Å². The smallest absolute Gasteiger partial charge is 0.266 e. The molecule has 2 aromatic rings. The Morgan fingerprint density at radius 2 is 2.24 bits per heavy atom. The third-order valence-electron chi connectivity index (χ3n) is 2.91. The second-order valence-electron chi connectivity index (χ2n) is 4.53. The Bertz CT molecular complexity index is 734. The summed E-state index contributed by atoms with van der Waals surface area (Å²) in [6, 6.07) is 7.36. The number of aromatic nitrogens is 1. The first kappa shape index (κ1) is 13.6. The van der Waals surface area contributed by atoms with Crippen molar-refractivity contribution in [1.29, 1.82) is 0 Å². The molecule has 0 bridgehead atoms. The average Bonchev–Trinajstić information content (AvgIpc) is 3.00. The number of carbonyl (C=O) groups is 1. The van der Waals surface area contributed by atoms with Crippen LogP contribution in [0.15, 0.2) is 51.0 Å². The zero-order valence-corrected chi connectivity index (χ0v) is 12.4. The van der Waals surface area contributed by atoms with Crippen molar-refractivity contribution in [2.45, 2.75) is 6.92 Å². The van der Waals surface area contributed by atoms with Crippen molar-refractivity contribution in [3.63, 3.8) is 0 Å². The van der Waals surface area contributed by atoms with E-state index in [1.807, 2.05) is 31.2 Å². The lowest BCUT2D eigenvalue weighted by Crippen LogP contribution is -2.23. The van der Waals surface area contributed by atoms with E-state index in [2.05, 4.69) is 9.98 Å². The van der Waals surface area contributed by atoms with Crippen LogP contribution >= 0.6 is 11.8 Å². The maximum Gasteiger partial charge on any atom is 0.266 e. The number of nitrogens with zero attached hydrogens (tertiary/aromatic N) is 3. The predicted molar refractivity (Wildman–Crippen MR) is 83.1 cm³/mol. The third-order valence-corrected chi connectivity index (χ3v) is 3.97. The van der Waals surface area contributed by atoms with Gasteiger partial charge in [-0.05, 0) is 43.0 Å². The summed E-state index contributed by atoms with van der Waals surface area (Å²) < 4.78 is 5.47. The zero-order valence-electron chi connectivity index (χ0n) is 11.6. The van der Waals surface area contributed by atoms with E-state index >= 15 is 0 Å². The van der Waals surface area contributed by atoms with Gasteiger partial charge < -0.3 is 4.42 Å². The lowest BCUT2D eigenvalue weighted by molar-refractivity contribution is -0.121. The van der Waals surface area contributed by atoms with Gasteiger partial charge in [0, 0.05) is 19.3 Å². The standard InChI is InChI=1S/C15H13N3O2S/c1-10-5-6-12(20-10)8-13-14(19)18(2)15(21-13)17-11-4-3-7-16-9-11/h3-9H,1-2H3/b13-8+,17-15?. The summed E-state index contributed by atoms with van der Waals surface area (Å²) in [5.41, 5.74) is 0.717. The lowest BCUT2D eigenvalue weighted by atomic mass is 10.3. The largest absolute Gasteiger partial charge is 0.462 e. The molecule has 3 heterocycles. The molecule has 6 heteroatoms. The van der Waals surface area contributed by atoms with Crippen molar-refractivity contribution < 1.29 is 9.21 Å². The topological polar surface area (TPSA) is 58.7 Å². The number of hydrogen-bond acceptors (Lipinski definition) is 5. The molecule has 1 aliphatic heterocycles. The van der Waals surface area contributed by atoms with E-state index in [0.717, 1.165) is 11.4 Å². The number of aryl methyl sites for hydroxylation is 1. The Hall–Kier alpha value is -2.34. The maximum atomic E-state index is 12.2. The molecule has 2 aromatic heterocycles. The maximum absolute atomic E-state index is 12.2. The molecule has 1 aliphatic rings. The van der Waals surface area contributed by atoms with Crippen molar-refractivity contribution in [2.75, 3.05) is 7.05 Å². The van der Waals surface area contributed by atoms with Crippen LogP contribution in [0, 0.1) is 6.92 Å². The summed E-state index contributed by atoms with van der Waals surface area (Å²) >= 11 is 1.33. The van der Waals surface area contributed by atoms with Gasteiger partial charge in [-0.3, -0.25) is 14.7 Å². The number of furan rings is 1. The van der Waals surface area contributed by atoms with E-state index in [1.165, 1.54) is 16.7 Å². The molecule has 0 atom stereocenters. The van der Waals surface area contributed by atoms with Crippen LogP contribution in [0.2, 0.25) is 0 Å². The summed E-state index contributed by atoms with van der Waals surface area (Å²) in [4.78, 5) is 22.8. The molecule has 106 valence electrons. The fourth-order valence-electron chi connectivity index (χ4n) is 1.84. The minimum atomic E-state index is -0.0864. The van der Waals surface area contributed by atoms with Crippen LogP contribution in [0.5, 0.6) is 0 Å². The van der Waals surface area contributed by atoms with Crippen LogP contribution in [0.4, 0.5) is 5.69 Å². The first-order valence-electron chi connectivity index (χ1n) is 6.36. The number of thioether (sulfide) groups is 1. The second-order valence-corrected chi connectivity index (χ2v) is 5.54. The van der Waals surface area contributed by atoms with E-state index in [1.54, 1.807) is 25.5 Å². The SMILES string of the molecule is Cc1ccc(/C=C2/SC(=Nc3cccnc3)N(C)C2=O)o1. The van der Waals surface area contributed by atoms with Crippen LogP contribution in [0.3, 0.4) is 0 Å². The average molecular weight is 299 g/mol. The highest BCUT2D eigenvalue weighted by Gasteiger charge is 2.30. The van der Waals surface area contributed by atoms with E-state index in [4.69, 9.17) is 4.42 Å². The molecule has 0 aliphatic carbocycles. The minimum absolute atomic E-state index is 0.0864. The molecule has 1 fully saturated rings. The highest BCUT2D eigenvalue weighted by Crippen LogP contribution is 2.33. The first-order valence-corrected chi connectivity index (χ1v) is 7.18. The highest BCUT2D eigenvalue weighted by molar-refractivity contribution is 8.18. The molecule has 5 nitrogen and oxygen atoms in total. The Balaban J connectivity index is 1.89. The van der Waals surface area contributed by atoms with Gasteiger partial charge in [0.15, 0.2) is 5.17 Å². The number of aliphatic imine (C=N–C) groups is 1. The van der Waals surface area contributed by atoms with E-state index < -0.39 is 0 Å². The molecule has 1 amide bonds. The van der Waals surface area contributed by atoms with E-state index in [9.17, 15) is 4.79 Å². The van der Waals surface area contributed by atoms with Gasteiger partial charge in [-0.15, -0.1) is 0 Å². The van der Waals surface area contributed by atoms with Gasteiger partial charge >= 0.3 is 0 Å². The molecule has 0 unspecified atom stereocenters. The Kier molecular flexibility index (Phi) is 3.62. The van der Waals surface area contributed by atoms with Gasteiger partial charge in [-0.1, -0.05) is 0 Å². The quantitative estimate of drug-likeness (QED) is 0.799. The van der Waals surface area contributed by atoms with Crippen molar-refractivity contribution in [3.8, 4) is 0 Å². The lowest BCUT2D eigenvalue weighted by Gasteiger charge is -2.06. The molecule has 0 aromatic carbocycles. The van der Waals surface area contributed by atoms with Crippen molar-refractivity contribution >= 4 is 34.6 Å². The van der Waals surface area contributed by atoms with Crippen LogP contribution in [0.25, 0.3) is 6.08 Å². The molecule has 1 saturated heterocycles. The Labute approximate surface area is 126 Å². The number of rotatable bonds is 2. The summed E-state index contributed by atoms with van der Waals surface area (Å²) in [5.74, 6) is 1.39. The monoisotopic (exact) mass is 299 g/mol. The number of amides is 1. The molecule has 3 rings (SSSR count). The molecule has 0 N–H and O–H groups in total. The molecule has 0 radical (unpaired) electrons. The van der Waals surface area contributed by atoms with Crippen molar-refractivity contribution in [3.05, 3.63) is 53.1 Å². The van der Waals surface area contributed by atoms with Crippen molar-refractivity contribution in [1.82, 2.24) is 9.88 Å². The van der Waals surface area contributed by atoms with Gasteiger partial charge in [-0.2, -0.15) is 0 Å². The van der Waals surface area contributed by atoms with Crippen molar-refractivity contribution in [2.24, 2.45) is 4.99 Å². The molecular weight excluding hydrogens is 286 g/mol. The number of carbonyl (C=O) groups excluding carboxylic acids is 1. The third kappa shape index (κ3) is 2.90. The highest BCUT2D eigenvalue weighted by atomic mass is 32.2. The van der Waals surface area contributed by atoms with E-state index in [-0.39, 0.29) is 5.91 Å². The van der Waals surface area contributed by atoms with Crippen LogP contribution in [0.1, 0.15) is 11.5 Å². The first-order chi connectivity index (χ1) is 10.1. The number of pyridine rings is 1. The number of amidine groups is 1. The Morgan fingerprint density at radius 1 is 1.38 bits per heavy atom. The fraction of sp³-hybridized carbons (Fsp3) is 0.133. The summed E-state index contributed by atoms with van der Waals surface area (Å²) in [7, 11) is 1.71. The normalized spacial score (nSPS) is 19.0. The second kappa shape index (κ2) is 5.57. The predicted octanol–water partition coefficient (Wildman–Crippen LogP) is 3.22. The zero-order chi connectivity index (χ0) is 14.8. The van der Waals surface area contributed by atoms with Gasteiger partial charge in [0.05, 0.1) is 16.8 Å². The number of likely N-dealkylation sites (N-methyl/N-ethyl adjacent to an activating group) is 1. The van der Waals surface area contributed by atoms with Gasteiger partial charge in [0.1, 0.15) is 11.5 Å². The van der Waals surface area contributed by atoms with Gasteiger partial charge in [0.25, 0.3) is 5.91 Å². The van der Waals surface area contributed by atoms with Gasteiger partial charge in [-0.25, -0.2) is 4.99 Å². The summed E-state index contributed by atoms with van der Waals surface area (Å²) in [6.07, 6.45) is 5.08. The molecular formula is C15H13N3O2S. The van der Waals surface area contributed by atoms with Crippen LogP contribution in [-0.4, -0.2) is 28.0 Å². The molecule has 0 spiro atoms. The summed E-state index contributed by atoms with van der Waals surface area (Å²) in [5, 5.41) is 0.627. The fourth-order valence-corrected chi connectivity index (χ4v) is 2.81. The van der Waals surface area contributed by atoms with E-state index in [0.29, 0.717) is 15.8 Å². The van der Waals surface area contributed by atoms with Gasteiger partial charge in [0.2, 0.25) is 0 Å².